The zero-order valence-electron chi connectivity index (χ0n) is 14.8. The maximum atomic E-state index is 12.6. The number of rotatable bonds is 3. The van der Waals surface area contributed by atoms with Gasteiger partial charge in [0.1, 0.15) is 0 Å². The zero-order valence-corrected chi connectivity index (χ0v) is 15.6. The second-order valence-electron chi connectivity index (χ2n) is 6.45. The number of morpholine rings is 1. The van der Waals surface area contributed by atoms with Gasteiger partial charge in [0.15, 0.2) is 0 Å². The van der Waals surface area contributed by atoms with E-state index in [1.54, 1.807) is 11.8 Å². The Morgan fingerprint density at radius 2 is 1.88 bits per heavy atom. The van der Waals surface area contributed by atoms with Crippen LogP contribution < -0.4 is 0 Å². The minimum absolute atomic E-state index is 0.141. The Labute approximate surface area is 147 Å². The zero-order chi connectivity index (χ0) is 17.3. The Bertz CT molecular complexity index is 770. The van der Waals surface area contributed by atoms with Crippen LogP contribution in [0.25, 0.3) is 10.9 Å². The highest BCUT2D eigenvalue weighted by molar-refractivity contribution is 8.00. The monoisotopic (exact) mass is 344 g/mol. The number of aryl methyl sites for hydroxylation is 3. The Balaban J connectivity index is 1.83. The highest BCUT2D eigenvalue weighted by atomic mass is 32.2. The summed E-state index contributed by atoms with van der Waals surface area (Å²) < 4.78 is 5.32. The average Bonchev–Trinajstić information content (AvgIpc) is 2.56. The first-order valence-corrected chi connectivity index (χ1v) is 9.25. The number of carbonyl (C=O) groups excluding carboxylic acids is 1. The molecule has 0 bridgehead atoms. The number of carbonyl (C=O) groups is 1. The predicted octanol–water partition coefficient (Wildman–Crippen LogP) is 3.50. The molecule has 1 aliphatic rings. The second-order valence-corrected chi connectivity index (χ2v) is 7.81. The molecule has 3 rings (SSSR count). The number of hydrogen-bond donors (Lipinski definition) is 0. The van der Waals surface area contributed by atoms with Gasteiger partial charge >= 0.3 is 0 Å². The maximum absolute atomic E-state index is 12.6. The lowest BCUT2D eigenvalue weighted by Crippen LogP contribution is -2.44. The van der Waals surface area contributed by atoms with Crippen molar-refractivity contribution in [2.45, 2.75) is 38.0 Å². The summed E-state index contributed by atoms with van der Waals surface area (Å²) in [5.41, 5.74) is 4.68. The van der Waals surface area contributed by atoms with Crippen LogP contribution in [-0.2, 0) is 9.53 Å². The molecule has 5 heteroatoms. The molecule has 0 N–H and O–H groups in total. The molecule has 1 saturated heterocycles. The van der Waals surface area contributed by atoms with Gasteiger partial charge in [0, 0.05) is 18.5 Å². The van der Waals surface area contributed by atoms with Crippen LogP contribution in [0.4, 0.5) is 0 Å². The van der Waals surface area contributed by atoms with Gasteiger partial charge in [0.05, 0.1) is 29.0 Å². The van der Waals surface area contributed by atoms with E-state index in [0.717, 1.165) is 10.5 Å². The normalized spacial score (nSPS) is 16.4. The van der Waals surface area contributed by atoms with Gasteiger partial charge in [-0.05, 0) is 51.0 Å². The van der Waals surface area contributed by atoms with Gasteiger partial charge in [-0.25, -0.2) is 4.98 Å². The topological polar surface area (TPSA) is 42.4 Å². The van der Waals surface area contributed by atoms with E-state index in [1.165, 1.54) is 22.1 Å². The van der Waals surface area contributed by atoms with Gasteiger partial charge in [0.2, 0.25) is 5.91 Å². The van der Waals surface area contributed by atoms with Gasteiger partial charge in [-0.15, -0.1) is 0 Å². The number of hydrogen-bond acceptors (Lipinski definition) is 4. The van der Waals surface area contributed by atoms with E-state index in [4.69, 9.17) is 9.72 Å². The van der Waals surface area contributed by atoms with Crippen molar-refractivity contribution < 1.29 is 9.53 Å². The van der Waals surface area contributed by atoms with E-state index in [2.05, 4.69) is 39.0 Å². The maximum Gasteiger partial charge on any atom is 0.235 e. The molecule has 2 aromatic rings. The molecular formula is C19H24N2O2S. The standard InChI is InChI=1S/C19H24N2O2S/c1-12-9-14(3)18-16(10-12)13(2)11-17(20-18)24-15(4)19(22)21-5-7-23-8-6-21/h9-11,15H,5-8H2,1-4H3/t15-/m0/s1. The highest BCUT2D eigenvalue weighted by Crippen LogP contribution is 2.29. The quantitative estimate of drug-likeness (QED) is 0.799. The van der Waals surface area contributed by atoms with Crippen LogP contribution in [-0.4, -0.2) is 47.3 Å². The molecule has 1 atom stereocenters. The SMILES string of the molecule is Cc1cc(C)c2nc(S[C@@H](C)C(=O)N3CCOCC3)cc(C)c2c1. The first-order chi connectivity index (χ1) is 11.5. The minimum Gasteiger partial charge on any atom is -0.378 e. The molecule has 0 aliphatic carbocycles. The molecule has 1 fully saturated rings. The van der Waals surface area contributed by atoms with Crippen molar-refractivity contribution in [3.05, 3.63) is 34.9 Å². The minimum atomic E-state index is -0.141. The summed E-state index contributed by atoms with van der Waals surface area (Å²) in [5, 5.41) is 1.98. The van der Waals surface area contributed by atoms with E-state index in [-0.39, 0.29) is 11.2 Å². The van der Waals surface area contributed by atoms with Crippen molar-refractivity contribution in [1.29, 1.82) is 0 Å². The first-order valence-electron chi connectivity index (χ1n) is 8.37. The number of thioether (sulfide) groups is 1. The summed E-state index contributed by atoms with van der Waals surface area (Å²) >= 11 is 1.54. The number of pyridine rings is 1. The van der Waals surface area contributed by atoms with E-state index in [1.807, 2.05) is 11.8 Å². The first kappa shape index (κ1) is 17.2. The Kier molecular flexibility index (Phi) is 5.11. The van der Waals surface area contributed by atoms with E-state index in [0.29, 0.717) is 26.3 Å². The third-order valence-electron chi connectivity index (χ3n) is 4.40. The van der Waals surface area contributed by atoms with Gasteiger partial charge in [-0.1, -0.05) is 23.4 Å². The fourth-order valence-electron chi connectivity index (χ4n) is 3.15. The number of amides is 1. The van der Waals surface area contributed by atoms with Crippen LogP contribution in [0.2, 0.25) is 0 Å². The molecule has 0 spiro atoms. The summed E-state index contributed by atoms with van der Waals surface area (Å²) in [6.07, 6.45) is 0. The Morgan fingerprint density at radius 1 is 1.17 bits per heavy atom. The summed E-state index contributed by atoms with van der Waals surface area (Å²) in [4.78, 5) is 19.3. The highest BCUT2D eigenvalue weighted by Gasteiger charge is 2.23. The van der Waals surface area contributed by atoms with E-state index < -0.39 is 0 Å². The van der Waals surface area contributed by atoms with Crippen molar-refractivity contribution in [1.82, 2.24) is 9.88 Å². The summed E-state index contributed by atoms with van der Waals surface area (Å²) in [6.45, 7) is 10.9. The number of ether oxygens (including phenoxy) is 1. The molecule has 4 nitrogen and oxygen atoms in total. The molecule has 128 valence electrons. The molecule has 0 radical (unpaired) electrons. The number of aromatic nitrogens is 1. The molecule has 1 aromatic carbocycles. The average molecular weight is 344 g/mol. The van der Waals surface area contributed by atoms with Gasteiger partial charge in [-0.2, -0.15) is 0 Å². The third-order valence-corrected chi connectivity index (χ3v) is 5.41. The smallest absolute Gasteiger partial charge is 0.235 e. The summed E-state index contributed by atoms with van der Waals surface area (Å²) in [6, 6.07) is 6.43. The third kappa shape index (κ3) is 3.57. The van der Waals surface area contributed by atoms with Crippen LogP contribution >= 0.6 is 11.8 Å². The fraction of sp³-hybridized carbons (Fsp3) is 0.474. The van der Waals surface area contributed by atoms with E-state index >= 15 is 0 Å². The number of fused-ring (bicyclic) bond motifs is 1. The molecule has 1 aliphatic heterocycles. The lowest BCUT2D eigenvalue weighted by molar-refractivity contribution is -0.134. The lowest BCUT2D eigenvalue weighted by Gasteiger charge is -2.29. The van der Waals surface area contributed by atoms with Crippen LogP contribution in [0.1, 0.15) is 23.6 Å². The van der Waals surface area contributed by atoms with Gasteiger partial charge in [0.25, 0.3) is 0 Å². The fourth-order valence-corrected chi connectivity index (χ4v) is 4.15. The summed E-state index contributed by atoms with van der Waals surface area (Å²) in [5.74, 6) is 0.170. The van der Waals surface area contributed by atoms with Gasteiger partial charge < -0.3 is 9.64 Å². The largest absolute Gasteiger partial charge is 0.378 e. The summed E-state index contributed by atoms with van der Waals surface area (Å²) in [7, 11) is 0. The lowest BCUT2D eigenvalue weighted by atomic mass is 10.0. The van der Waals surface area contributed by atoms with Crippen molar-refractivity contribution >= 4 is 28.6 Å². The van der Waals surface area contributed by atoms with E-state index in [9.17, 15) is 4.79 Å². The Hall–Kier alpha value is -1.59. The molecule has 1 amide bonds. The van der Waals surface area contributed by atoms with Crippen molar-refractivity contribution in [2.75, 3.05) is 26.3 Å². The van der Waals surface area contributed by atoms with Crippen molar-refractivity contribution in [3.63, 3.8) is 0 Å². The van der Waals surface area contributed by atoms with Crippen LogP contribution in [0, 0.1) is 20.8 Å². The molecule has 0 unspecified atom stereocenters. The van der Waals surface area contributed by atoms with Crippen LogP contribution in [0.5, 0.6) is 0 Å². The molecule has 0 saturated carbocycles. The van der Waals surface area contributed by atoms with Crippen LogP contribution in [0.3, 0.4) is 0 Å². The molecule has 2 heterocycles. The second kappa shape index (κ2) is 7.11. The number of nitrogens with zero attached hydrogens (tertiary/aromatic N) is 2. The van der Waals surface area contributed by atoms with Gasteiger partial charge in [-0.3, -0.25) is 4.79 Å². The van der Waals surface area contributed by atoms with Crippen molar-refractivity contribution in [2.24, 2.45) is 0 Å². The molecule has 24 heavy (non-hydrogen) atoms. The number of benzene rings is 1. The predicted molar refractivity (Wildman–Crippen MR) is 98.7 cm³/mol. The van der Waals surface area contributed by atoms with Crippen LogP contribution in [0.15, 0.2) is 23.2 Å². The molecule has 1 aromatic heterocycles. The molecular weight excluding hydrogens is 320 g/mol. The van der Waals surface area contributed by atoms with Crippen molar-refractivity contribution in [3.8, 4) is 0 Å². The Morgan fingerprint density at radius 3 is 2.58 bits per heavy atom.